The van der Waals surface area contributed by atoms with Crippen molar-refractivity contribution in [3.8, 4) is 22.5 Å². The highest BCUT2D eigenvalue weighted by molar-refractivity contribution is 5.92. The van der Waals surface area contributed by atoms with E-state index in [1.165, 1.54) is 0 Å². The number of aryl methyl sites for hydroxylation is 1. The van der Waals surface area contributed by atoms with E-state index in [1.54, 1.807) is 4.90 Å². The largest absolute Gasteiger partial charge is 0.310 e. The number of amides is 1. The van der Waals surface area contributed by atoms with Crippen LogP contribution in [0.5, 0.6) is 0 Å². The average molecular weight is 304 g/mol. The molecule has 0 atom stereocenters. The second-order valence-electron chi connectivity index (χ2n) is 5.51. The van der Waals surface area contributed by atoms with Gasteiger partial charge in [-0.3, -0.25) is 4.79 Å². The number of aromatic nitrogens is 3. The summed E-state index contributed by atoms with van der Waals surface area (Å²) in [7, 11) is 0. The van der Waals surface area contributed by atoms with Gasteiger partial charge in [0, 0.05) is 17.7 Å². The first-order valence-electron chi connectivity index (χ1n) is 7.66. The molecule has 0 N–H and O–H groups in total. The highest BCUT2D eigenvalue weighted by Crippen LogP contribution is 2.40. The molecule has 2 aromatic carbocycles. The molecular weight excluding hydrogens is 288 g/mol. The summed E-state index contributed by atoms with van der Waals surface area (Å²) in [5.41, 5.74) is 5.80. The Kier molecular flexibility index (Phi) is 3.19. The van der Waals surface area contributed by atoms with Crippen molar-refractivity contribution in [3.05, 3.63) is 54.1 Å². The van der Waals surface area contributed by atoms with Gasteiger partial charge in [0.25, 0.3) is 0 Å². The molecule has 1 amide bonds. The van der Waals surface area contributed by atoms with Crippen LogP contribution in [-0.2, 0) is 17.9 Å². The zero-order valence-corrected chi connectivity index (χ0v) is 12.8. The lowest BCUT2D eigenvalue weighted by Gasteiger charge is -2.25. The molecule has 0 radical (unpaired) electrons. The van der Waals surface area contributed by atoms with Crippen molar-refractivity contribution in [1.82, 2.24) is 15.0 Å². The molecule has 0 spiro atoms. The lowest BCUT2D eigenvalue weighted by Crippen LogP contribution is -2.23. The number of nitrogens with zero attached hydrogens (tertiary/aromatic N) is 4. The normalized spacial score (nSPS) is 12.7. The van der Waals surface area contributed by atoms with Gasteiger partial charge in [-0.15, -0.1) is 5.10 Å². The first kappa shape index (κ1) is 13.7. The summed E-state index contributed by atoms with van der Waals surface area (Å²) < 4.78 is 1.89. The molecule has 2 heterocycles. The SMILES string of the molecule is CCn1nnc2c1-c1ccccc1N(C=O)Cc1ccccc1-2. The molecule has 0 saturated heterocycles. The van der Waals surface area contributed by atoms with Gasteiger partial charge in [-0.1, -0.05) is 47.7 Å². The zero-order valence-electron chi connectivity index (χ0n) is 12.8. The second kappa shape index (κ2) is 5.35. The number of fused-ring (bicyclic) bond motifs is 5. The summed E-state index contributed by atoms with van der Waals surface area (Å²) in [5.74, 6) is 0. The molecular formula is C18H16N4O. The van der Waals surface area contributed by atoms with Gasteiger partial charge in [0.2, 0.25) is 6.41 Å². The predicted molar refractivity (Wildman–Crippen MR) is 88.8 cm³/mol. The summed E-state index contributed by atoms with van der Waals surface area (Å²) in [6.07, 6.45) is 0.890. The molecule has 23 heavy (non-hydrogen) atoms. The van der Waals surface area contributed by atoms with Crippen LogP contribution in [0.3, 0.4) is 0 Å². The maximum absolute atomic E-state index is 11.7. The fourth-order valence-electron chi connectivity index (χ4n) is 3.16. The highest BCUT2D eigenvalue weighted by atomic mass is 16.1. The summed E-state index contributed by atoms with van der Waals surface area (Å²) >= 11 is 0. The topological polar surface area (TPSA) is 51.0 Å². The van der Waals surface area contributed by atoms with E-state index in [1.807, 2.05) is 60.1 Å². The Morgan fingerprint density at radius 1 is 1.09 bits per heavy atom. The van der Waals surface area contributed by atoms with Crippen LogP contribution < -0.4 is 4.90 Å². The fraction of sp³-hybridized carbons (Fsp3) is 0.167. The van der Waals surface area contributed by atoms with Gasteiger partial charge >= 0.3 is 0 Å². The van der Waals surface area contributed by atoms with E-state index < -0.39 is 0 Å². The summed E-state index contributed by atoms with van der Waals surface area (Å²) in [5, 5.41) is 8.73. The molecule has 0 fully saturated rings. The molecule has 5 heteroatoms. The van der Waals surface area contributed by atoms with Crippen molar-refractivity contribution >= 4 is 12.1 Å². The number of rotatable bonds is 2. The van der Waals surface area contributed by atoms with Crippen LogP contribution in [0.15, 0.2) is 48.5 Å². The maximum Gasteiger partial charge on any atom is 0.214 e. The van der Waals surface area contributed by atoms with E-state index in [-0.39, 0.29) is 0 Å². The predicted octanol–water partition coefficient (Wildman–Crippen LogP) is 3.11. The molecule has 4 rings (SSSR count). The standard InChI is InChI=1S/C18H16N4O/c1-2-22-18-15-9-5-6-10-16(15)21(12-23)11-13-7-3-4-8-14(13)17(18)19-20-22/h3-10,12H,2,11H2,1H3. The summed E-state index contributed by atoms with van der Waals surface area (Å²) in [6.45, 7) is 3.29. The molecule has 1 aromatic heterocycles. The summed E-state index contributed by atoms with van der Waals surface area (Å²) in [6, 6.07) is 16.0. The molecule has 5 nitrogen and oxygen atoms in total. The van der Waals surface area contributed by atoms with E-state index in [4.69, 9.17) is 0 Å². The molecule has 0 unspecified atom stereocenters. The van der Waals surface area contributed by atoms with Crippen molar-refractivity contribution in [2.24, 2.45) is 0 Å². The Bertz CT molecular complexity index is 884. The van der Waals surface area contributed by atoms with Gasteiger partial charge in [0.1, 0.15) is 5.69 Å². The molecule has 0 bridgehead atoms. The number of benzene rings is 2. The minimum absolute atomic E-state index is 0.523. The molecule has 0 saturated carbocycles. The summed E-state index contributed by atoms with van der Waals surface area (Å²) in [4.78, 5) is 13.4. The van der Waals surface area contributed by atoms with Gasteiger partial charge in [0.15, 0.2) is 0 Å². The van der Waals surface area contributed by atoms with E-state index in [2.05, 4.69) is 10.3 Å². The smallest absolute Gasteiger partial charge is 0.214 e. The Hall–Kier alpha value is -2.95. The van der Waals surface area contributed by atoms with Crippen LogP contribution in [0.2, 0.25) is 0 Å². The van der Waals surface area contributed by atoms with Crippen molar-refractivity contribution in [2.45, 2.75) is 20.0 Å². The van der Waals surface area contributed by atoms with Crippen molar-refractivity contribution in [2.75, 3.05) is 4.90 Å². The van der Waals surface area contributed by atoms with E-state index in [0.717, 1.165) is 46.7 Å². The Labute approximate surface area is 134 Å². The van der Waals surface area contributed by atoms with Crippen LogP contribution in [0.1, 0.15) is 12.5 Å². The van der Waals surface area contributed by atoms with E-state index >= 15 is 0 Å². The minimum atomic E-state index is 0.523. The monoisotopic (exact) mass is 304 g/mol. The van der Waals surface area contributed by atoms with Crippen LogP contribution in [0.4, 0.5) is 5.69 Å². The number of anilines is 1. The Morgan fingerprint density at radius 3 is 2.61 bits per heavy atom. The minimum Gasteiger partial charge on any atom is -0.310 e. The zero-order chi connectivity index (χ0) is 15.8. The van der Waals surface area contributed by atoms with Gasteiger partial charge in [-0.05, 0) is 18.6 Å². The van der Waals surface area contributed by atoms with Crippen molar-refractivity contribution in [1.29, 1.82) is 0 Å². The first-order valence-corrected chi connectivity index (χ1v) is 7.66. The van der Waals surface area contributed by atoms with Crippen LogP contribution in [0.25, 0.3) is 22.5 Å². The van der Waals surface area contributed by atoms with Crippen molar-refractivity contribution in [3.63, 3.8) is 0 Å². The van der Waals surface area contributed by atoms with Gasteiger partial charge in [-0.25, -0.2) is 4.68 Å². The van der Waals surface area contributed by atoms with Crippen LogP contribution >= 0.6 is 0 Å². The third-order valence-electron chi connectivity index (χ3n) is 4.24. The Morgan fingerprint density at radius 2 is 1.83 bits per heavy atom. The lowest BCUT2D eigenvalue weighted by molar-refractivity contribution is -0.107. The number of hydrogen-bond acceptors (Lipinski definition) is 3. The van der Waals surface area contributed by atoms with Crippen LogP contribution in [0, 0.1) is 0 Å². The van der Waals surface area contributed by atoms with E-state index in [0.29, 0.717) is 6.54 Å². The third-order valence-corrected chi connectivity index (χ3v) is 4.24. The third kappa shape index (κ3) is 2.04. The van der Waals surface area contributed by atoms with Crippen LogP contribution in [-0.4, -0.2) is 21.4 Å². The number of para-hydroxylation sites is 1. The quantitative estimate of drug-likeness (QED) is 0.684. The maximum atomic E-state index is 11.7. The number of carbonyl (C=O) groups is 1. The Balaban J connectivity index is 2.11. The highest BCUT2D eigenvalue weighted by Gasteiger charge is 2.25. The second-order valence-corrected chi connectivity index (χ2v) is 5.51. The number of carbonyl (C=O) groups excluding carboxylic acids is 1. The van der Waals surface area contributed by atoms with Crippen molar-refractivity contribution < 1.29 is 4.79 Å². The molecule has 1 aliphatic heterocycles. The van der Waals surface area contributed by atoms with Gasteiger partial charge < -0.3 is 4.90 Å². The van der Waals surface area contributed by atoms with Gasteiger partial charge in [-0.2, -0.15) is 0 Å². The average Bonchev–Trinajstić information content (AvgIpc) is 3.02. The molecule has 0 aliphatic carbocycles. The fourth-order valence-corrected chi connectivity index (χ4v) is 3.16. The first-order chi connectivity index (χ1) is 11.3. The molecule has 3 aromatic rings. The van der Waals surface area contributed by atoms with Gasteiger partial charge in [0.05, 0.1) is 17.9 Å². The molecule has 1 aliphatic rings. The van der Waals surface area contributed by atoms with E-state index in [9.17, 15) is 4.79 Å². The number of hydrogen-bond donors (Lipinski definition) is 0. The lowest BCUT2D eigenvalue weighted by atomic mass is 9.96. The molecule has 114 valence electrons.